The predicted octanol–water partition coefficient (Wildman–Crippen LogP) is 2.17. The topological polar surface area (TPSA) is 126 Å². The summed E-state index contributed by atoms with van der Waals surface area (Å²) in [5.74, 6) is 0.0508. The summed E-state index contributed by atoms with van der Waals surface area (Å²) in [6.07, 6.45) is 1.25. The predicted molar refractivity (Wildman–Crippen MR) is 99.3 cm³/mol. The molecule has 1 amide bonds. The number of nitrogens with zero attached hydrogens (tertiary/aromatic N) is 2. The Morgan fingerprint density at radius 3 is 2.67 bits per heavy atom. The molecule has 0 radical (unpaired) electrons. The number of aromatic nitrogens is 3. The number of aromatic amines is 1. The fourth-order valence-corrected chi connectivity index (χ4v) is 3.48. The Hall–Kier alpha value is -3.40. The van der Waals surface area contributed by atoms with Gasteiger partial charge in [0.15, 0.2) is 0 Å². The summed E-state index contributed by atoms with van der Waals surface area (Å²) >= 11 is 0. The van der Waals surface area contributed by atoms with E-state index in [2.05, 4.69) is 25.2 Å². The molecule has 0 aliphatic carbocycles. The van der Waals surface area contributed by atoms with Crippen LogP contribution < -0.4 is 14.8 Å². The molecule has 0 saturated heterocycles. The minimum absolute atomic E-state index is 0.0540. The normalized spacial score (nSPS) is 11.0. The van der Waals surface area contributed by atoms with Crippen molar-refractivity contribution in [3.8, 4) is 5.75 Å². The van der Waals surface area contributed by atoms with Gasteiger partial charge >= 0.3 is 0 Å². The van der Waals surface area contributed by atoms with Crippen LogP contribution in [0, 0.1) is 6.92 Å². The molecule has 1 heterocycles. The molecule has 0 saturated carbocycles. The Morgan fingerprint density at radius 2 is 1.96 bits per heavy atom. The average molecular weight is 387 g/mol. The van der Waals surface area contributed by atoms with E-state index in [-0.39, 0.29) is 16.4 Å². The van der Waals surface area contributed by atoms with Crippen LogP contribution in [-0.4, -0.2) is 36.6 Å². The second-order valence-electron chi connectivity index (χ2n) is 5.57. The lowest BCUT2D eigenvalue weighted by Crippen LogP contribution is -2.17. The fourth-order valence-electron chi connectivity index (χ4n) is 2.39. The molecule has 0 aliphatic heterocycles. The van der Waals surface area contributed by atoms with Crippen LogP contribution in [0.15, 0.2) is 53.7 Å². The molecule has 0 fully saturated rings. The quantitative estimate of drug-likeness (QED) is 0.595. The third kappa shape index (κ3) is 4.06. The van der Waals surface area contributed by atoms with Crippen molar-refractivity contribution >= 4 is 27.6 Å². The number of sulfonamides is 1. The van der Waals surface area contributed by atoms with Crippen LogP contribution in [0.3, 0.4) is 0 Å². The van der Waals surface area contributed by atoms with Crippen molar-refractivity contribution < 1.29 is 17.9 Å². The molecular weight excluding hydrogens is 370 g/mol. The van der Waals surface area contributed by atoms with Gasteiger partial charge < -0.3 is 4.74 Å². The maximum atomic E-state index is 12.7. The summed E-state index contributed by atoms with van der Waals surface area (Å²) in [6, 6.07) is 10.9. The number of nitrogens with one attached hydrogen (secondary N) is 3. The van der Waals surface area contributed by atoms with E-state index in [1.165, 1.54) is 25.6 Å². The molecule has 0 aliphatic rings. The van der Waals surface area contributed by atoms with Gasteiger partial charge in [0.05, 0.1) is 17.7 Å². The van der Waals surface area contributed by atoms with Crippen LogP contribution in [0.4, 0.5) is 11.6 Å². The second kappa shape index (κ2) is 7.46. The van der Waals surface area contributed by atoms with Gasteiger partial charge in [-0.05, 0) is 36.8 Å². The molecule has 0 bridgehead atoms. The summed E-state index contributed by atoms with van der Waals surface area (Å²) in [4.78, 5) is 16.2. The average Bonchev–Trinajstić information content (AvgIpc) is 3.15. The highest BCUT2D eigenvalue weighted by atomic mass is 32.2. The molecule has 10 heteroatoms. The maximum Gasteiger partial charge on any atom is 0.262 e. The number of rotatable bonds is 6. The highest BCUT2D eigenvalue weighted by Gasteiger charge is 2.20. The highest BCUT2D eigenvalue weighted by molar-refractivity contribution is 7.92. The van der Waals surface area contributed by atoms with Crippen molar-refractivity contribution in [3.05, 3.63) is 59.9 Å². The Morgan fingerprint density at radius 1 is 1.19 bits per heavy atom. The fraction of sp³-hybridized carbons (Fsp3) is 0.118. The van der Waals surface area contributed by atoms with Crippen LogP contribution in [0.25, 0.3) is 0 Å². The molecule has 9 nitrogen and oxygen atoms in total. The van der Waals surface area contributed by atoms with Gasteiger partial charge in [-0.25, -0.2) is 13.5 Å². The molecule has 0 unspecified atom stereocenters. The van der Waals surface area contributed by atoms with E-state index in [1.54, 1.807) is 37.3 Å². The van der Waals surface area contributed by atoms with Gasteiger partial charge in [-0.3, -0.25) is 14.8 Å². The van der Waals surface area contributed by atoms with E-state index in [1.807, 2.05) is 0 Å². The van der Waals surface area contributed by atoms with Crippen molar-refractivity contribution in [2.45, 2.75) is 11.8 Å². The molecule has 0 spiro atoms. The van der Waals surface area contributed by atoms with E-state index in [9.17, 15) is 13.2 Å². The number of hydrogen-bond donors (Lipinski definition) is 3. The molecule has 3 aromatic rings. The number of anilines is 2. The zero-order chi connectivity index (χ0) is 19.4. The molecule has 1 aromatic heterocycles. The Kier molecular flexibility index (Phi) is 5.08. The van der Waals surface area contributed by atoms with Crippen LogP contribution in [0.2, 0.25) is 0 Å². The highest BCUT2D eigenvalue weighted by Crippen LogP contribution is 2.26. The Bertz CT molecular complexity index is 1060. The maximum absolute atomic E-state index is 12.7. The van der Waals surface area contributed by atoms with Gasteiger partial charge in [-0.2, -0.15) is 10.1 Å². The van der Waals surface area contributed by atoms with Crippen LogP contribution >= 0.6 is 0 Å². The minimum Gasteiger partial charge on any atom is -0.495 e. The van der Waals surface area contributed by atoms with Crippen molar-refractivity contribution in [1.29, 1.82) is 0 Å². The third-order valence-electron chi connectivity index (χ3n) is 3.76. The largest absolute Gasteiger partial charge is 0.495 e. The van der Waals surface area contributed by atoms with Gasteiger partial charge in [0, 0.05) is 5.56 Å². The Labute approximate surface area is 155 Å². The van der Waals surface area contributed by atoms with Crippen LogP contribution in [0.5, 0.6) is 5.75 Å². The summed E-state index contributed by atoms with van der Waals surface area (Å²) in [6.45, 7) is 1.71. The smallest absolute Gasteiger partial charge is 0.262 e. The van der Waals surface area contributed by atoms with E-state index < -0.39 is 15.9 Å². The van der Waals surface area contributed by atoms with Crippen LogP contribution in [-0.2, 0) is 10.0 Å². The van der Waals surface area contributed by atoms with Crippen molar-refractivity contribution in [1.82, 2.24) is 15.2 Å². The van der Waals surface area contributed by atoms with E-state index >= 15 is 0 Å². The van der Waals surface area contributed by atoms with Gasteiger partial charge in [0.2, 0.25) is 5.95 Å². The monoisotopic (exact) mass is 387 g/mol. The number of carbonyl (C=O) groups excluding carboxylic acids is 1. The van der Waals surface area contributed by atoms with E-state index in [4.69, 9.17) is 4.74 Å². The molecule has 27 heavy (non-hydrogen) atoms. The van der Waals surface area contributed by atoms with Gasteiger partial charge in [0.25, 0.3) is 15.9 Å². The Balaban J connectivity index is 1.91. The summed E-state index contributed by atoms with van der Waals surface area (Å²) in [7, 11) is -2.48. The SMILES string of the molecule is COc1ccccc1NS(=O)(=O)c1ccc(C)c(C(=O)Nc2ncn[nH]2)c1. The lowest BCUT2D eigenvalue weighted by molar-refractivity contribution is 0.102. The first-order valence-corrected chi connectivity index (χ1v) is 9.32. The first-order chi connectivity index (χ1) is 12.9. The van der Waals surface area contributed by atoms with Crippen molar-refractivity contribution in [2.24, 2.45) is 0 Å². The standard InChI is InChI=1S/C17H17N5O4S/c1-11-7-8-12(9-13(11)16(23)20-17-18-10-19-21-17)27(24,25)22-14-5-3-4-6-15(14)26-2/h3-10,22H,1-2H3,(H2,18,19,20,21,23). The lowest BCUT2D eigenvalue weighted by Gasteiger charge is -2.13. The minimum atomic E-state index is -3.93. The van der Waals surface area contributed by atoms with Gasteiger partial charge in [0.1, 0.15) is 12.1 Å². The summed E-state index contributed by atoms with van der Waals surface area (Å²) in [5.41, 5.74) is 1.12. The van der Waals surface area contributed by atoms with E-state index in [0.29, 0.717) is 17.0 Å². The van der Waals surface area contributed by atoms with E-state index in [0.717, 1.165) is 0 Å². The first-order valence-electron chi connectivity index (χ1n) is 7.84. The number of aryl methyl sites for hydroxylation is 1. The molecule has 0 atom stereocenters. The third-order valence-corrected chi connectivity index (χ3v) is 5.13. The van der Waals surface area contributed by atoms with Crippen LogP contribution in [0.1, 0.15) is 15.9 Å². The number of amides is 1. The summed E-state index contributed by atoms with van der Waals surface area (Å²) in [5, 5.41) is 8.67. The number of para-hydroxylation sites is 2. The second-order valence-corrected chi connectivity index (χ2v) is 7.25. The number of H-pyrrole nitrogens is 1. The number of hydrogen-bond acceptors (Lipinski definition) is 6. The lowest BCUT2D eigenvalue weighted by atomic mass is 10.1. The van der Waals surface area contributed by atoms with Crippen molar-refractivity contribution in [3.63, 3.8) is 0 Å². The first kappa shape index (κ1) is 18.4. The number of methoxy groups -OCH3 is 1. The molecule has 140 valence electrons. The van der Waals surface area contributed by atoms with Gasteiger partial charge in [-0.15, -0.1) is 0 Å². The molecule has 3 rings (SSSR count). The number of carbonyl (C=O) groups is 1. The summed E-state index contributed by atoms with van der Waals surface area (Å²) < 4.78 is 33.1. The number of ether oxygens (including phenoxy) is 1. The van der Waals surface area contributed by atoms with Crippen molar-refractivity contribution in [2.75, 3.05) is 17.1 Å². The number of benzene rings is 2. The zero-order valence-electron chi connectivity index (χ0n) is 14.6. The molecule has 2 aromatic carbocycles. The van der Waals surface area contributed by atoms with Gasteiger partial charge in [-0.1, -0.05) is 18.2 Å². The zero-order valence-corrected chi connectivity index (χ0v) is 15.4. The molecular formula is C17H17N5O4S. The molecule has 3 N–H and O–H groups in total.